The molecule has 1 fully saturated rings. The highest BCUT2D eigenvalue weighted by molar-refractivity contribution is 14.1. The van der Waals surface area contributed by atoms with Crippen molar-refractivity contribution in [2.24, 2.45) is 0 Å². The van der Waals surface area contributed by atoms with Gasteiger partial charge in [-0.05, 0) is 26.2 Å². The Kier molecular flexibility index (Phi) is 4.91. The molecule has 0 aliphatic carbocycles. The van der Waals surface area contributed by atoms with Crippen LogP contribution in [0.1, 0.15) is 43.8 Å². The van der Waals surface area contributed by atoms with E-state index in [9.17, 15) is 0 Å². The molecule has 1 saturated heterocycles. The van der Waals surface area contributed by atoms with Gasteiger partial charge >= 0.3 is 0 Å². The summed E-state index contributed by atoms with van der Waals surface area (Å²) in [5, 5.41) is 4.01. The van der Waals surface area contributed by atoms with Gasteiger partial charge in [-0.3, -0.25) is 0 Å². The maximum atomic E-state index is 5.97. The second-order valence-corrected chi connectivity index (χ2v) is 6.17. The first-order chi connectivity index (χ1) is 10.2. The zero-order valence-corrected chi connectivity index (χ0v) is 14.0. The zero-order chi connectivity index (χ0) is 14.7. The Labute approximate surface area is 136 Å². The van der Waals surface area contributed by atoms with E-state index < -0.39 is 0 Å². The van der Waals surface area contributed by atoms with Crippen LogP contribution in [0.4, 0.5) is 0 Å². The minimum absolute atomic E-state index is 0.117. The van der Waals surface area contributed by atoms with Crippen LogP contribution in [0.25, 0.3) is 0 Å². The topological polar surface area (TPSA) is 62.3 Å². The summed E-state index contributed by atoms with van der Waals surface area (Å²) >= 11 is 2.11. The summed E-state index contributed by atoms with van der Waals surface area (Å²) in [5.41, 5.74) is 0.875. The van der Waals surface area contributed by atoms with Crippen LogP contribution in [0.5, 0.6) is 0 Å². The number of imidazole rings is 1. The predicted octanol–water partition coefficient (Wildman–Crippen LogP) is 3.13. The molecule has 1 aliphatic heterocycles. The molecule has 2 unspecified atom stereocenters. The Balaban J connectivity index is 1.66. The third-order valence-corrected chi connectivity index (χ3v) is 3.98. The monoisotopic (exact) mass is 403 g/mol. The van der Waals surface area contributed by atoms with Crippen molar-refractivity contribution in [2.45, 2.75) is 45.1 Å². The molecule has 0 N–H and O–H groups in total. The molecule has 2 aromatic rings. The van der Waals surface area contributed by atoms with Crippen molar-refractivity contribution in [1.82, 2.24) is 14.7 Å². The summed E-state index contributed by atoms with van der Waals surface area (Å²) in [4.78, 5) is 4.41. The average Bonchev–Trinajstić information content (AvgIpc) is 3.10. The van der Waals surface area contributed by atoms with Crippen molar-refractivity contribution in [2.75, 3.05) is 6.61 Å². The van der Waals surface area contributed by atoms with Crippen molar-refractivity contribution >= 4 is 22.6 Å². The van der Waals surface area contributed by atoms with E-state index in [4.69, 9.17) is 14.0 Å². The van der Waals surface area contributed by atoms with E-state index >= 15 is 0 Å². The Hall–Kier alpha value is -0.930. The van der Waals surface area contributed by atoms with Gasteiger partial charge in [0.25, 0.3) is 0 Å². The number of nitrogens with zero attached hydrogens (tertiary/aromatic N) is 3. The first-order valence-corrected chi connectivity index (χ1v) is 8.19. The van der Waals surface area contributed by atoms with E-state index in [1.54, 1.807) is 6.20 Å². The van der Waals surface area contributed by atoms with E-state index in [-0.39, 0.29) is 12.4 Å². The summed E-state index contributed by atoms with van der Waals surface area (Å²) < 4.78 is 19.5. The van der Waals surface area contributed by atoms with Gasteiger partial charge in [0, 0.05) is 47.7 Å². The van der Waals surface area contributed by atoms with Crippen LogP contribution in [-0.2, 0) is 16.0 Å². The summed E-state index contributed by atoms with van der Waals surface area (Å²) in [6, 6.07) is 1.92. The normalized spacial score (nSPS) is 20.6. The lowest BCUT2D eigenvalue weighted by Crippen LogP contribution is -2.24. The van der Waals surface area contributed by atoms with Gasteiger partial charge in [0.05, 0.1) is 6.54 Å². The molecular weight excluding hydrogens is 385 g/mol. The number of halogens is 1. The second-order valence-electron chi connectivity index (χ2n) is 5.11. The first-order valence-electron chi connectivity index (χ1n) is 7.11. The third kappa shape index (κ3) is 3.83. The standard InChI is InChI=1S/C14H18IN3O3/c1-10(20-13-4-2-3-7-19-13)14-16-5-6-18(14)9-11-8-12(15)21-17-11/h5-6,8,10,13H,2-4,7,9H2,1H3. The highest BCUT2D eigenvalue weighted by Gasteiger charge is 2.21. The van der Waals surface area contributed by atoms with E-state index in [0.29, 0.717) is 6.54 Å². The molecule has 3 rings (SSSR count). The van der Waals surface area contributed by atoms with Crippen LogP contribution in [0, 0.1) is 3.77 Å². The molecule has 2 aromatic heterocycles. The number of hydrogen-bond donors (Lipinski definition) is 0. The molecule has 0 aromatic carbocycles. The van der Waals surface area contributed by atoms with Gasteiger partial charge in [-0.1, -0.05) is 5.16 Å². The Morgan fingerprint density at radius 3 is 3.14 bits per heavy atom. The quantitative estimate of drug-likeness (QED) is 0.718. The summed E-state index contributed by atoms with van der Waals surface area (Å²) in [5.74, 6) is 0.877. The molecule has 0 amide bonds. The summed E-state index contributed by atoms with van der Waals surface area (Å²) in [6.45, 7) is 3.41. The van der Waals surface area contributed by atoms with E-state index in [2.05, 4.69) is 32.7 Å². The van der Waals surface area contributed by atoms with E-state index in [1.807, 2.05) is 23.8 Å². The van der Waals surface area contributed by atoms with Crippen LogP contribution in [-0.4, -0.2) is 27.6 Å². The van der Waals surface area contributed by atoms with Gasteiger partial charge in [-0.25, -0.2) is 4.98 Å². The van der Waals surface area contributed by atoms with Gasteiger partial charge < -0.3 is 18.6 Å². The molecule has 0 bridgehead atoms. The van der Waals surface area contributed by atoms with Crippen LogP contribution >= 0.6 is 22.6 Å². The lowest BCUT2D eigenvalue weighted by Gasteiger charge is -2.26. The van der Waals surface area contributed by atoms with Crippen molar-refractivity contribution in [1.29, 1.82) is 0 Å². The molecule has 7 heteroatoms. The van der Waals surface area contributed by atoms with Crippen molar-refractivity contribution in [3.63, 3.8) is 0 Å². The van der Waals surface area contributed by atoms with Crippen molar-refractivity contribution in [3.8, 4) is 0 Å². The maximum Gasteiger partial charge on any atom is 0.196 e. The fraction of sp³-hybridized carbons (Fsp3) is 0.571. The van der Waals surface area contributed by atoms with Crippen LogP contribution in [0.3, 0.4) is 0 Å². The van der Waals surface area contributed by atoms with Crippen LogP contribution in [0.2, 0.25) is 0 Å². The molecule has 21 heavy (non-hydrogen) atoms. The molecule has 114 valence electrons. The smallest absolute Gasteiger partial charge is 0.196 e. The van der Waals surface area contributed by atoms with Gasteiger partial charge in [0.15, 0.2) is 10.1 Å². The Bertz CT molecular complexity index is 578. The summed E-state index contributed by atoms with van der Waals surface area (Å²) in [6.07, 6.45) is 6.70. The molecular formula is C14H18IN3O3. The number of hydrogen-bond acceptors (Lipinski definition) is 5. The molecule has 0 radical (unpaired) electrons. The predicted molar refractivity (Wildman–Crippen MR) is 83.6 cm³/mol. The van der Waals surface area contributed by atoms with Crippen molar-refractivity contribution in [3.05, 3.63) is 33.7 Å². The number of rotatable bonds is 5. The maximum absolute atomic E-state index is 5.97. The SMILES string of the molecule is CC(OC1CCCCO1)c1nccn1Cc1cc(I)on1. The van der Waals surface area contributed by atoms with Gasteiger partial charge in [-0.15, -0.1) is 0 Å². The Morgan fingerprint density at radius 2 is 2.43 bits per heavy atom. The Morgan fingerprint density at radius 1 is 1.52 bits per heavy atom. The van der Waals surface area contributed by atoms with Gasteiger partial charge in [0.2, 0.25) is 0 Å². The molecule has 0 spiro atoms. The molecule has 2 atom stereocenters. The second kappa shape index (κ2) is 6.89. The minimum atomic E-state index is -0.119. The van der Waals surface area contributed by atoms with Gasteiger partial charge in [0.1, 0.15) is 17.6 Å². The first kappa shape index (κ1) is 15.0. The van der Waals surface area contributed by atoms with Crippen LogP contribution in [0.15, 0.2) is 23.0 Å². The number of aromatic nitrogens is 3. The largest absolute Gasteiger partial charge is 0.353 e. The van der Waals surface area contributed by atoms with Gasteiger partial charge in [-0.2, -0.15) is 0 Å². The van der Waals surface area contributed by atoms with E-state index in [0.717, 1.165) is 41.2 Å². The molecule has 1 aliphatic rings. The summed E-state index contributed by atoms with van der Waals surface area (Å²) in [7, 11) is 0. The average molecular weight is 403 g/mol. The fourth-order valence-corrected chi connectivity index (χ4v) is 2.91. The third-order valence-electron chi connectivity index (χ3n) is 3.47. The van der Waals surface area contributed by atoms with Crippen LogP contribution < -0.4 is 0 Å². The highest BCUT2D eigenvalue weighted by atomic mass is 127. The zero-order valence-electron chi connectivity index (χ0n) is 11.9. The lowest BCUT2D eigenvalue weighted by atomic mass is 10.2. The number of ether oxygens (including phenoxy) is 2. The highest BCUT2D eigenvalue weighted by Crippen LogP contribution is 2.23. The lowest BCUT2D eigenvalue weighted by molar-refractivity contribution is -0.188. The molecule has 6 nitrogen and oxygen atoms in total. The molecule has 3 heterocycles. The minimum Gasteiger partial charge on any atom is -0.353 e. The molecule has 0 saturated carbocycles. The van der Waals surface area contributed by atoms with E-state index in [1.165, 1.54) is 0 Å². The van der Waals surface area contributed by atoms with Crippen molar-refractivity contribution < 1.29 is 14.0 Å². The fourth-order valence-electron chi connectivity index (χ4n) is 2.45.